The standard InChI is InChI=1S/C12H23N5O/c1-5-17(8-6-7-16(2)3)12-10(18-4)11(13)14-9-15-12/h9H,5-8H2,1-4H3,(H2,13,14,15). The highest BCUT2D eigenvalue weighted by Crippen LogP contribution is 2.29. The first kappa shape index (κ1) is 14.5. The zero-order chi connectivity index (χ0) is 13.5. The van der Waals surface area contributed by atoms with Gasteiger partial charge < -0.3 is 20.3 Å². The normalized spacial score (nSPS) is 10.7. The highest BCUT2D eigenvalue weighted by Gasteiger charge is 2.15. The Kier molecular flexibility index (Phi) is 5.64. The predicted octanol–water partition coefficient (Wildman–Crippen LogP) is 0.845. The summed E-state index contributed by atoms with van der Waals surface area (Å²) in [4.78, 5) is 12.5. The average Bonchev–Trinajstić information content (AvgIpc) is 2.34. The van der Waals surface area contributed by atoms with Gasteiger partial charge in [0, 0.05) is 13.1 Å². The van der Waals surface area contributed by atoms with Gasteiger partial charge in [-0.1, -0.05) is 0 Å². The number of hydrogen-bond acceptors (Lipinski definition) is 6. The van der Waals surface area contributed by atoms with E-state index in [-0.39, 0.29) is 0 Å². The molecule has 0 atom stereocenters. The Bertz CT molecular complexity index is 369. The van der Waals surface area contributed by atoms with Gasteiger partial charge in [-0.2, -0.15) is 0 Å². The van der Waals surface area contributed by atoms with Crippen molar-refractivity contribution in [2.45, 2.75) is 13.3 Å². The van der Waals surface area contributed by atoms with Crippen molar-refractivity contribution in [3.05, 3.63) is 6.33 Å². The molecule has 1 heterocycles. The number of nitrogens with two attached hydrogens (primary N) is 1. The topological polar surface area (TPSA) is 67.5 Å². The van der Waals surface area contributed by atoms with E-state index in [1.807, 2.05) is 0 Å². The quantitative estimate of drug-likeness (QED) is 0.777. The first-order chi connectivity index (χ1) is 8.60. The lowest BCUT2D eigenvalue weighted by molar-refractivity contribution is 0.397. The maximum Gasteiger partial charge on any atom is 0.204 e. The van der Waals surface area contributed by atoms with Crippen LogP contribution in [-0.4, -0.2) is 55.7 Å². The van der Waals surface area contributed by atoms with Crippen LogP contribution < -0.4 is 15.4 Å². The summed E-state index contributed by atoms with van der Waals surface area (Å²) in [5.41, 5.74) is 5.79. The van der Waals surface area contributed by atoms with Gasteiger partial charge in [-0.3, -0.25) is 0 Å². The minimum Gasteiger partial charge on any atom is -0.490 e. The summed E-state index contributed by atoms with van der Waals surface area (Å²) >= 11 is 0. The number of hydrogen-bond donors (Lipinski definition) is 1. The predicted molar refractivity (Wildman–Crippen MR) is 74.1 cm³/mol. The molecular weight excluding hydrogens is 230 g/mol. The van der Waals surface area contributed by atoms with E-state index in [9.17, 15) is 0 Å². The highest BCUT2D eigenvalue weighted by molar-refractivity contribution is 5.62. The summed E-state index contributed by atoms with van der Waals surface area (Å²) in [6, 6.07) is 0. The molecule has 0 bridgehead atoms. The lowest BCUT2D eigenvalue weighted by Crippen LogP contribution is -2.28. The molecule has 0 aromatic carbocycles. The molecule has 0 aliphatic heterocycles. The zero-order valence-electron chi connectivity index (χ0n) is 11.7. The van der Waals surface area contributed by atoms with Gasteiger partial charge in [-0.25, -0.2) is 9.97 Å². The summed E-state index contributed by atoms with van der Waals surface area (Å²) in [5.74, 6) is 1.71. The minimum absolute atomic E-state index is 0.383. The number of methoxy groups -OCH3 is 1. The van der Waals surface area contributed by atoms with Crippen LogP contribution in [0.5, 0.6) is 5.75 Å². The van der Waals surface area contributed by atoms with E-state index < -0.39 is 0 Å². The van der Waals surface area contributed by atoms with Crippen LogP contribution in [0.15, 0.2) is 6.33 Å². The SMILES string of the molecule is CCN(CCCN(C)C)c1ncnc(N)c1OC. The lowest BCUT2D eigenvalue weighted by atomic mass is 10.3. The number of anilines is 2. The molecule has 0 saturated heterocycles. The third-order valence-corrected chi connectivity index (χ3v) is 2.73. The molecule has 0 saturated carbocycles. The van der Waals surface area contributed by atoms with Gasteiger partial charge in [0.1, 0.15) is 6.33 Å². The average molecular weight is 253 g/mol. The monoisotopic (exact) mass is 253 g/mol. The summed E-state index contributed by atoms with van der Waals surface area (Å²) in [5, 5.41) is 0. The van der Waals surface area contributed by atoms with Gasteiger partial charge in [0.25, 0.3) is 0 Å². The van der Waals surface area contributed by atoms with Gasteiger partial charge in [-0.05, 0) is 34.0 Å². The van der Waals surface area contributed by atoms with Gasteiger partial charge >= 0.3 is 0 Å². The molecule has 6 nitrogen and oxygen atoms in total. The Morgan fingerprint density at radius 2 is 2.00 bits per heavy atom. The number of ether oxygens (including phenoxy) is 1. The molecule has 2 N–H and O–H groups in total. The third-order valence-electron chi connectivity index (χ3n) is 2.73. The van der Waals surface area contributed by atoms with Crippen LogP contribution in [0.3, 0.4) is 0 Å². The number of aromatic nitrogens is 2. The van der Waals surface area contributed by atoms with E-state index in [1.54, 1.807) is 7.11 Å². The van der Waals surface area contributed by atoms with Crippen LogP contribution in [0.2, 0.25) is 0 Å². The smallest absolute Gasteiger partial charge is 0.204 e. The molecule has 0 amide bonds. The molecule has 0 fully saturated rings. The summed E-state index contributed by atoms with van der Waals surface area (Å²) in [7, 11) is 5.73. The van der Waals surface area contributed by atoms with E-state index in [2.05, 4.69) is 40.8 Å². The van der Waals surface area contributed by atoms with Crippen LogP contribution in [0, 0.1) is 0 Å². The largest absolute Gasteiger partial charge is 0.490 e. The van der Waals surface area contributed by atoms with Crippen LogP contribution in [0.1, 0.15) is 13.3 Å². The lowest BCUT2D eigenvalue weighted by Gasteiger charge is -2.24. The molecule has 0 aliphatic carbocycles. The van der Waals surface area contributed by atoms with Crippen molar-refractivity contribution in [3.8, 4) is 5.75 Å². The Balaban J connectivity index is 2.78. The summed E-state index contributed by atoms with van der Waals surface area (Å²) < 4.78 is 5.28. The van der Waals surface area contributed by atoms with E-state index in [4.69, 9.17) is 10.5 Å². The molecule has 18 heavy (non-hydrogen) atoms. The van der Waals surface area contributed by atoms with Crippen molar-refractivity contribution in [2.24, 2.45) is 0 Å². The molecule has 0 radical (unpaired) electrons. The Labute approximate surface area is 109 Å². The zero-order valence-corrected chi connectivity index (χ0v) is 11.7. The Morgan fingerprint density at radius 1 is 1.28 bits per heavy atom. The first-order valence-electron chi connectivity index (χ1n) is 6.14. The van der Waals surface area contributed by atoms with Gasteiger partial charge in [-0.15, -0.1) is 0 Å². The van der Waals surface area contributed by atoms with E-state index in [0.717, 1.165) is 31.9 Å². The van der Waals surface area contributed by atoms with Crippen molar-refractivity contribution in [1.82, 2.24) is 14.9 Å². The number of nitrogens with zero attached hydrogens (tertiary/aromatic N) is 4. The minimum atomic E-state index is 0.383. The van der Waals surface area contributed by atoms with E-state index >= 15 is 0 Å². The van der Waals surface area contributed by atoms with E-state index in [0.29, 0.717) is 11.6 Å². The van der Waals surface area contributed by atoms with Gasteiger partial charge in [0.05, 0.1) is 7.11 Å². The van der Waals surface area contributed by atoms with Crippen LogP contribution in [0.25, 0.3) is 0 Å². The second kappa shape index (κ2) is 7.00. The van der Waals surface area contributed by atoms with Crippen molar-refractivity contribution >= 4 is 11.6 Å². The molecule has 1 aromatic heterocycles. The molecule has 1 aromatic rings. The fourth-order valence-corrected chi connectivity index (χ4v) is 1.79. The fraction of sp³-hybridized carbons (Fsp3) is 0.667. The molecule has 0 spiro atoms. The maximum absolute atomic E-state index is 5.79. The van der Waals surface area contributed by atoms with Gasteiger partial charge in [0.15, 0.2) is 11.6 Å². The van der Waals surface area contributed by atoms with Crippen molar-refractivity contribution in [2.75, 3.05) is 51.5 Å². The summed E-state index contributed by atoms with van der Waals surface area (Å²) in [6.07, 6.45) is 2.54. The molecule has 1 rings (SSSR count). The molecule has 6 heteroatoms. The Hall–Kier alpha value is -1.56. The van der Waals surface area contributed by atoms with E-state index in [1.165, 1.54) is 6.33 Å². The van der Waals surface area contributed by atoms with Crippen molar-refractivity contribution in [1.29, 1.82) is 0 Å². The molecule has 0 unspecified atom stereocenters. The number of nitrogen functional groups attached to an aromatic ring is 1. The molecular formula is C12H23N5O. The molecule has 102 valence electrons. The second-order valence-corrected chi connectivity index (χ2v) is 4.35. The van der Waals surface area contributed by atoms with Crippen LogP contribution >= 0.6 is 0 Å². The number of rotatable bonds is 7. The Morgan fingerprint density at radius 3 is 2.56 bits per heavy atom. The van der Waals surface area contributed by atoms with Crippen LogP contribution in [0.4, 0.5) is 11.6 Å². The van der Waals surface area contributed by atoms with Crippen molar-refractivity contribution < 1.29 is 4.74 Å². The van der Waals surface area contributed by atoms with Crippen molar-refractivity contribution in [3.63, 3.8) is 0 Å². The van der Waals surface area contributed by atoms with Gasteiger partial charge in [0.2, 0.25) is 5.75 Å². The second-order valence-electron chi connectivity index (χ2n) is 4.35. The van der Waals surface area contributed by atoms with Crippen LogP contribution in [-0.2, 0) is 0 Å². The summed E-state index contributed by atoms with van der Waals surface area (Å²) in [6.45, 7) is 4.91. The fourth-order valence-electron chi connectivity index (χ4n) is 1.79. The third kappa shape index (κ3) is 3.73. The first-order valence-corrected chi connectivity index (χ1v) is 6.14. The maximum atomic E-state index is 5.79. The highest BCUT2D eigenvalue weighted by atomic mass is 16.5. The molecule has 0 aliphatic rings.